The van der Waals surface area contributed by atoms with Gasteiger partial charge in [-0.2, -0.15) is 5.26 Å². The molecule has 2 rings (SSSR count). The van der Waals surface area contributed by atoms with E-state index in [0.29, 0.717) is 26.1 Å². The standard InChI is InChI=1S/C15H19N3O/c1-2-18(9-5-8-16)15(19)14-11-17-10-12-6-3-4-7-13(12)14/h3-4,6-7,14,17H,2,5,9-11H2,1H3. The van der Waals surface area contributed by atoms with E-state index in [0.717, 1.165) is 12.1 Å². The van der Waals surface area contributed by atoms with E-state index in [1.54, 1.807) is 4.90 Å². The summed E-state index contributed by atoms with van der Waals surface area (Å²) in [6.07, 6.45) is 0.390. The Labute approximate surface area is 114 Å². The summed E-state index contributed by atoms with van der Waals surface area (Å²) >= 11 is 0. The molecule has 4 heteroatoms. The first-order valence-corrected chi connectivity index (χ1v) is 6.72. The van der Waals surface area contributed by atoms with Gasteiger partial charge in [-0.3, -0.25) is 4.79 Å². The van der Waals surface area contributed by atoms with Crippen LogP contribution in [0, 0.1) is 11.3 Å². The Bertz CT molecular complexity index is 492. The van der Waals surface area contributed by atoms with Gasteiger partial charge in [-0.15, -0.1) is 0 Å². The Morgan fingerprint density at radius 2 is 2.32 bits per heavy atom. The third-order valence-electron chi connectivity index (χ3n) is 3.58. The number of carbonyl (C=O) groups is 1. The van der Waals surface area contributed by atoms with Crippen LogP contribution in [0.4, 0.5) is 0 Å². The Balaban J connectivity index is 2.18. The fourth-order valence-corrected chi connectivity index (χ4v) is 2.55. The molecule has 1 atom stereocenters. The number of rotatable bonds is 4. The minimum atomic E-state index is -0.122. The van der Waals surface area contributed by atoms with E-state index in [-0.39, 0.29) is 11.8 Å². The van der Waals surface area contributed by atoms with Gasteiger partial charge in [0.25, 0.3) is 0 Å². The zero-order valence-electron chi connectivity index (χ0n) is 11.2. The number of carbonyl (C=O) groups excluding carboxylic acids is 1. The van der Waals surface area contributed by atoms with E-state index in [9.17, 15) is 4.79 Å². The molecule has 1 aliphatic rings. The van der Waals surface area contributed by atoms with Crippen LogP contribution in [0.5, 0.6) is 0 Å². The van der Waals surface area contributed by atoms with E-state index in [1.807, 2.05) is 25.1 Å². The highest BCUT2D eigenvalue weighted by Gasteiger charge is 2.28. The molecule has 1 unspecified atom stereocenters. The van der Waals surface area contributed by atoms with Crippen molar-refractivity contribution >= 4 is 5.91 Å². The maximum atomic E-state index is 12.6. The van der Waals surface area contributed by atoms with E-state index in [1.165, 1.54) is 5.56 Å². The van der Waals surface area contributed by atoms with Gasteiger partial charge in [-0.1, -0.05) is 24.3 Å². The van der Waals surface area contributed by atoms with Crippen LogP contribution in [-0.4, -0.2) is 30.4 Å². The molecule has 1 aromatic carbocycles. The molecule has 100 valence electrons. The molecular weight excluding hydrogens is 238 g/mol. The average Bonchev–Trinajstić information content (AvgIpc) is 2.47. The summed E-state index contributed by atoms with van der Waals surface area (Å²) in [5.74, 6) is 0.000919. The number of nitriles is 1. The number of fused-ring (bicyclic) bond motifs is 1. The fraction of sp³-hybridized carbons (Fsp3) is 0.467. The molecule has 0 saturated heterocycles. The molecule has 1 N–H and O–H groups in total. The predicted octanol–water partition coefficient (Wildman–Crippen LogP) is 1.64. The Kier molecular flexibility index (Phi) is 4.53. The lowest BCUT2D eigenvalue weighted by Crippen LogP contribution is -2.41. The maximum absolute atomic E-state index is 12.6. The predicted molar refractivity (Wildman–Crippen MR) is 73.4 cm³/mol. The summed E-state index contributed by atoms with van der Waals surface area (Å²) in [7, 11) is 0. The number of benzene rings is 1. The smallest absolute Gasteiger partial charge is 0.231 e. The number of hydrogen-bond acceptors (Lipinski definition) is 3. The second-order valence-electron chi connectivity index (χ2n) is 4.71. The quantitative estimate of drug-likeness (QED) is 0.892. The van der Waals surface area contributed by atoms with Crippen LogP contribution >= 0.6 is 0 Å². The lowest BCUT2D eigenvalue weighted by molar-refractivity contribution is -0.132. The second kappa shape index (κ2) is 6.35. The van der Waals surface area contributed by atoms with Crippen LogP contribution in [-0.2, 0) is 11.3 Å². The van der Waals surface area contributed by atoms with Crippen LogP contribution < -0.4 is 5.32 Å². The van der Waals surface area contributed by atoms with Crippen LogP contribution in [0.15, 0.2) is 24.3 Å². The van der Waals surface area contributed by atoms with Crippen LogP contribution in [0.1, 0.15) is 30.4 Å². The van der Waals surface area contributed by atoms with Gasteiger partial charge in [0.2, 0.25) is 5.91 Å². The van der Waals surface area contributed by atoms with Crippen LogP contribution in [0.25, 0.3) is 0 Å². The zero-order chi connectivity index (χ0) is 13.7. The molecule has 0 saturated carbocycles. The van der Waals surface area contributed by atoms with Gasteiger partial charge in [0.1, 0.15) is 0 Å². The molecule has 0 aromatic heterocycles. The summed E-state index contributed by atoms with van der Waals surface area (Å²) in [5.41, 5.74) is 2.32. The molecular formula is C15H19N3O. The number of nitrogens with zero attached hydrogens (tertiary/aromatic N) is 2. The van der Waals surface area contributed by atoms with Crippen molar-refractivity contribution in [3.05, 3.63) is 35.4 Å². The van der Waals surface area contributed by atoms with Gasteiger partial charge >= 0.3 is 0 Å². The Morgan fingerprint density at radius 3 is 3.05 bits per heavy atom. The van der Waals surface area contributed by atoms with Gasteiger partial charge < -0.3 is 10.2 Å². The van der Waals surface area contributed by atoms with Crippen molar-refractivity contribution in [3.63, 3.8) is 0 Å². The average molecular weight is 257 g/mol. The second-order valence-corrected chi connectivity index (χ2v) is 4.71. The third-order valence-corrected chi connectivity index (χ3v) is 3.58. The highest BCUT2D eigenvalue weighted by Crippen LogP contribution is 2.25. The third kappa shape index (κ3) is 2.94. The molecule has 0 bridgehead atoms. The van der Waals surface area contributed by atoms with E-state index < -0.39 is 0 Å². The summed E-state index contributed by atoms with van der Waals surface area (Å²) < 4.78 is 0. The van der Waals surface area contributed by atoms with Crippen molar-refractivity contribution < 1.29 is 4.79 Å². The van der Waals surface area contributed by atoms with Gasteiger partial charge in [-0.05, 0) is 18.1 Å². The normalized spacial score (nSPS) is 17.4. The van der Waals surface area contributed by atoms with Crippen molar-refractivity contribution in [2.45, 2.75) is 25.8 Å². The zero-order valence-corrected chi connectivity index (χ0v) is 11.2. The van der Waals surface area contributed by atoms with Crippen LogP contribution in [0.2, 0.25) is 0 Å². The lowest BCUT2D eigenvalue weighted by Gasteiger charge is -2.30. The van der Waals surface area contributed by atoms with Gasteiger partial charge in [0.15, 0.2) is 0 Å². The number of amides is 1. The molecule has 1 aromatic rings. The van der Waals surface area contributed by atoms with Crippen molar-refractivity contribution in [2.24, 2.45) is 0 Å². The fourth-order valence-electron chi connectivity index (χ4n) is 2.55. The maximum Gasteiger partial charge on any atom is 0.231 e. The first kappa shape index (κ1) is 13.6. The van der Waals surface area contributed by atoms with E-state index in [4.69, 9.17) is 5.26 Å². The number of hydrogen-bond donors (Lipinski definition) is 1. The summed E-state index contributed by atoms with van der Waals surface area (Å²) in [4.78, 5) is 14.3. The topological polar surface area (TPSA) is 56.1 Å². The Morgan fingerprint density at radius 1 is 1.53 bits per heavy atom. The van der Waals surface area contributed by atoms with Gasteiger partial charge in [0, 0.05) is 26.2 Å². The highest BCUT2D eigenvalue weighted by atomic mass is 16.2. The van der Waals surface area contributed by atoms with Crippen molar-refractivity contribution in [1.29, 1.82) is 5.26 Å². The van der Waals surface area contributed by atoms with E-state index >= 15 is 0 Å². The molecule has 19 heavy (non-hydrogen) atoms. The Hall–Kier alpha value is -1.86. The number of nitrogens with one attached hydrogen (secondary N) is 1. The monoisotopic (exact) mass is 257 g/mol. The molecule has 0 radical (unpaired) electrons. The number of likely N-dealkylation sites (N-methyl/N-ethyl adjacent to an activating group) is 1. The largest absolute Gasteiger partial charge is 0.341 e. The molecule has 4 nitrogen and oxygen atoms in total. The lowest BCUT2D eigenvalue weighted by atomic mass is 9.90. The molecule has 0 spiro atoms. The van der Waals surface area contributed by atoms with Crippen molar-refractivity contribution in [3.8, 4) is 6.07 Å². The molecule has 0 aliphatic carbocycles. The minimum absolute atomic E-state index is 0.122. The summed E-state index contributed by atoms with van der Waals surface area (Å²) in [5, 5.41) is 12.0. The van der Waals surface area contributed by atoms with Gasteiger partial charge in [0.05, 0.1) is 18.4 Å². The van der Waals surface area contributed by atoms with Crippen LogP contribution in [0.3, 0.4) is 0 Å². The molecule has 1 amide bonds. The van der Waals surface area contributed by atoms with Crippen molar-refractivity contribution in [2.75, 3.05) is 19.6 Å². The minimum Gasteiger partial charge on any atom is -0.341 e. The first-order valence-electron chi connectivity index (χ1n) is 6.72. The molecule has 1 heterocycles. The first-order chi connectivity index (χ1) is 9.27. The van der Waals surface area contributed by atoms with Gasteiger partial charge in [-0.25, -0.2) is 0 Å². The SMILES string of the molecule is CCN(CCC#N)C(=O)C1CNCc2ccccc21. The summed E-state index contributed by atoms with van der Waals surface area (Å²) in [6.45, 7) is 4.63. The highest BCUT2D eigenvalue weighted by molar-refractivity contribution is 5.84. The summed E-state index contributed by atoms with van der Waals surface area (Å²) in [6, 6.07) is 10.2. The molecule has 1 aliphatic heterocycles. The van der Waals surface area contributed by atoms with Crippen molar-refractivity contribution in [1.82, 2.24) is 10.2 Å². The molecule has 0 fully saturated rings. The van der Waals surface area contributed by atoms with E-state index in [2.05, 4.69) is 17.5 Å².